The maximum absolute atomic E-state index is 12.6. The molecule has 1 N–H and O–H groups in total. The number of hydrogen-bond acceptors (Lipinski definition) is 2. The van der Waals surface area contributed by atoms with Gasteiger partial charge in [0.15, 0.2) is 0 Å². The predicted octanol–water partition coefficient (Wildman–Crippen LogP) is 3.79. The minimum atomic E-state index is -0.364. The van der Waals surface area contributed by atoms with Gasteiger partial charge in [-0.25, -0.2) is 0 Å². The molecule has 1 atom stereocenters. The maximum atomic E-state index is 12.6. The van der Waals surface area contributed by atoms with Crippen LogP contribution < -0.4 is 10.7 Å². The SMILES string of the molecule is CC(NC(=O)c1cn(C)c2ccccc2c1=O)c1ccc(Br)cc1. The lowest BCUT2D eigenvalue weighted by molar-refractivity contribution is 0.0938. The Balaban J connectivity index is 1.93. The van der Waals surface area contributed by atoms with Crippen LogP contribution in [0.1, 0.15) is 28.9 Å². The molecule has 0 aliphatic heterocycles. The van der Waals surface area contributed by atoms with Crippen LogP contribution in [0.15, 0.2) is 64.0 Å². The topological polar surface area (TPSA) is 51.1 Å². The minimum absolute atomic E-state index is 0.153. The van der Waals surface area contributed by atoms with E-state index in [0.717, 1.165) is 15.6 Å². The van der Waals surface area contributed by atoms with Crippen molar-refractivity contribution in [1.82, 2.24) is 9.88 Å². The number of amides is 1. The molecule has 122 valence electrons. The lowest BCUT2D eigenvalue weighted by Crippen LogP contribution is -2.31. The summed E-state index contributed by atoms with van der Waals surface area (Å²) in [4.78, 5) is 25.2. The Morgan fingerprint density at radius 2 is 1.79 bits per heavy atom. The zero-order valence-electron chi connectivity index (χ0n) is 13.4. The first-order valence-corrected chi connectivity index (χ1v) is 8.41. The Bertz CT molecular complexity index is 961. The van der Waals surface area contributed by atoms with E-state index in [0.29, 0.717) is 5.39 Å². The summed E-state index contributed by atoms with van der Waals surface area (Å²) in [5.41, 5.74) is 1.69. The molecule has 1 amide bonds. The first kappa shape index (κ1) is 16.5. The second kappa shape index (κ2) is 6.61. The number of hydrogen-bond donors (Lipinski definition) is 1. The number of carbonyl (C=O) groups is 1. The molecule has 1 heterocycles. The minimum Gasteiger partial charge on any atom is -0.350 e. The van der Waals surface area contributed by atoms with Gasteiger partial charge in [0.05, 0.1) is 11.6 Å². The van der Waals surface area contributed by atoms with Gasteiger partial charge in [0.1, 0.15) is 5.56 Å². The van der Waals surface area contributed by atoms with Crippen molar-refractivity contribution in [2.45, 2.75) is 13.0 Å². The van der Waals surface area contributed by atoms with Crippen LogP contribution in [0.25, 0.3) is 10.9 Å². The summed E-state index contributed by atoms with van der Waals surface area (Å²) in [6.45, 7) is 1.90. The molecule has 0 spiro atoms. The molecule has 0 saturated carbocycles. The zero-order valence-corrected chi connectivity index (χ0v) is 15.0. The predicted molar refractivity (Wildman–Crippen MR) is 99.2 cm³/mol. The quantitative estimate of drug-likeness (QED) is 0.746. The normalized spacial score (nSPS) is 12.1. The maximum Gasteiger partial charge on any atom is 0.257 e. The first-order valence-electron chi connectivity index (χ1n) is 7.62. The van der Waals surface area contributed by atoms with Gasteiger partial charge in [-0.2, -0.15) is 0 Å². The van der Waals surface area contributed by atoms with Gasteiger partial charge in [0, 0.05) is 23.1 Å². The third-order valence-electron chi connectivity index (χ3n) is 4.06. The largest absolute Gasteiger partial charge is 0.350 e. The average molecular weight is 385 g/mol. The number of para-hydroxylation sites is 1. The van der Waals surface area contributed by atoms with Crippen molar-refractivity contribution in [1.29, 1.82) is 0 Å². The highest BCUT2D eigenvalue weighted by atomic mass is 79.9. The Kier molecular flexibility index (Phi) is 4.53. The second-order valence-corrected chi connectivity index (χ2v) is 6.66. The van der Waals surface area contributed by atoms with Crippen molar-refractivity contribution in [2.24, 2.45) is 7.05 Å². The van der Waals surface area contributed by atoms with E-state index in [1.165, 1.54) is 0 Å². The van der Waals surface area contributed by atoms with Gasteiger partial charge < -0.3 is 9.88 Å². The monoisotopic (exact) mass is 384 g/mol. The van der Waals surface area contributed by atoms with Gasteiger partial charge in [0.2, 0.25) is 5.43 Å². The van der Waals surface area contributed by atoms with Gasteiger partial charge in [-0.15, -0.1) is 0 Å². The molecule has 0 aliphatic carbocycles. The number of fused-ring (bicyclic) bond motifs is 1. The molecule has 24 heavy (non-hydrogen) atoms. The van der Waals surface area contributed by atoms with Gasteiger partial charge in [-0.05, 0) is 36.8 Å². The molecule has 5 heteroatoms. The Hall–Kier alpha value is -2.40. The molecular formula is C19H17BrN2O2. The van der Waals surface area contributed by atoms with Gasteiger partial charge in [-0.1, -0.05) is 40.2 Å². The Morgan fingerprint density at radius 3 is 2.50 bits per heavy atom. The third-order valence-corrected chi connectivity index (χ3v) is 4.59. The molecule has 0 saturated heterocycles. The number of carbonyl (C=O) groups excluding carboxylic acids is 1. The van der Waals surface area contributed by atoms with Crippen LogP contribution >= 0.6 is 15.9 Å². The average Bonchev–Trinajstić information content (AvgIpc) is 2.58. The van der Waals surface area contributed by atoms with Crippen LogP contribution in [0.2, 0.25) is 0 Å². The molecule has 4 nitrogen and oxygen atoms in total. The van der Waals surface area contributed by atoms with E-state index >= 15 is 0 Å². The molecule has 3 aromatic rings. The van der Waals surface area contributed by atoms with E-state index in [4.69, 9.17) is 0 Å². The fraction of sp³-hybridized carbons (Fsp3) is 0.158. The van der Waals surface area contributed by atoms with Crippen LogP contribution in [0.4, 0.5) is 0 Å². The number of nitrogens with one attached hydrogen (secondary N) is 1. The smallest absolute Gasteiger partial charge is 0.257 e. The van der Waals surface area contributed by atoms with Crippen molar-refractivity contribution in [3.8, 4) is 0 Å². The van der Waals surface area contributed by atoms with Crippen LogP contribution in [-0.2, 0) is 7.05 Å². The van der Waals surface area contributed by atoms with Crippen molar-refractivity contribution in [2.75, 3.05) is 0 Å². The van der Waals surface area contributed by atoms with E-state index in [1.807, 2.05) is 50.4 Å². The molecule has 3 rings (SSSR count). The molecular weight excluding hydrogens is 368 g/mol. The second-order valence-electron chi connectivity index (χ2n) is 5.75. The molecule has 0 fully saturated rings. The first-order chi connectivity index (χ1) is 11.5. The molecule has 0 bridgehead atoms. The fourth-order valence-electron chi connectivity index (χ4n) is 2.71. The lowest BCUT2D eigenvalue weighted by atomic mass is 10.1. The summed E-state index contributed by atoms with van der Waals surface area (Å²) in [7, 11) is 1.83. The molecule has 2 aromatic carbocycles. The van der Waals surface area contributed by atoms with Gasteiger partial charge in [-0.3, -0.25) is 9.59 Å². The zero-order chi connectivity index (χ0) is 17.3. The summed E-state index contributed by atoms with van der Waals surface area (Å²) in [5.74, 6) is -0.364. The highest BCUT2D eigenvalue weighted by Crippen LogP contribution is 2.17. The van der Waals surface area contributed by atoms with Crippen molar-refractivity contribution in [3.63, 3.8) is 0 Å². The van der Waals surface area contributed by atoms with E-state index in [-0.39, 0.29) is 22.9 Å². The van der Waals surface area contributed by atoms with Crippen LogP contribution in [0, 0.1) is 0 Å². The number of aryl methyl sites for hydroxylation is 1. The van der Waals surface area contributed by atoms with E-state index in [9.17, 15) is 9.59 Å². The number of halogens is 1. The summed E-state index contributed by atoms with van der Waals surface area (Å²) in [6, 6.07) is 14.8. The summed E-state index contributed by atoms with van der Waals surface area (Å²) >= 11 is 3.39. The number of benzene rings is 2. The molecule has 1 aromatic heterocycles. The van der Waals surface area contributed by atoms with Crippen molar-refractivity contribution < 1.29 is 4.79 Å². The number of aromatic nitrogens is 1. The van der Waals surface area contributed by atoms with E-state index in [2.05, 4.69) is 21.2 Å². The summed E-state index contributed by atoms with van der Waals surface area (Å²) in [6.07, 6.45) is 1.59. The summed E-state index contributed by atoms with van der Waals surface area (Å²) in [5, 5.41) is 3.44. The number of pyridine rings is 1. The molecule has 0 radical (unpaired) electrons. The van der Waals surface area contributed by atoms with Crippen LogP contribution in [0.5, 0.6) is 0 Å². The third kappa shape index (κ3) is 3.12. The van der Waals surface area contributed by atoms with E-state index in [1.54, 1.807) is 22.9 Å². The molecule has 1 unspecified atom stereocenters. The highest BCUT2D eigenvalue weighted by Gasteiger charge is 2.17. The lowest BCUT2D eigenvalue weighted by Gasteiger charge is -2.15. The van der Waals surface area contributed by atoms with Gasteiger partial charge >= 0.3 is 0 Å². The van der Waals surface area contributed by atoms with Crippen molar-refractivity contribution >= 4 is 32.7 Å². The highest BCUT2D eigenvalue weighted by molar-refractivity contribution is 9.10. The Labute approximate surface area is 148 Å². The number of rotatable bonds is 3. The van der Waals surface area contributed by atoms with Crippen LogP contribution in [0.3, 0.4) is 0 Å². The van der Waals surface area contributed by atoms with Crippen molar-refractivity contribution in [3.05, 3.63) is 80.6 Å². The van der Waals surface area contributed by atoms with Gasteiger partial charge in [0.25, 0.3) is 5.91 Å². The fourth-order valence-corrected chi connectivity index (χ4v) is 2.98. The summed E-state index contributed by atoms with van der Waals surface area (Å²) < 4.78 is 2.78. The van der Waals surface area contributed by atoms with E-state index < -0.39 is 0 Å². The van der Waals surface area contributed by atoms with Crippen LogP contribution in [-0.4, -0.2) is 10.5 Å². The number of nitrogens with zero attached hydrogens (tertiary/aromatic N) is 1. The molecule has 0 aliphatic rings. The standard InChI is InChI=1S/C19H17BrN2O2/c1-12(13-7-9-14(20)10-8-13)21-19(24)16-11-22(2)17-6-4-3-5-15(17)18(16)23/h3-12H,1-2H3,(H,21,24). The Morgan fingerprint density at radius 1 is 1.12 bits per heavy atom.